The Morgan fingerprint density at radius 2 is 2.21 bits per heavy atom. The molecule has 0 radical (unpaired) electrons. The molecule has 0 heterocycles. The molecule has 76 valence electrons. The Balaban J connectivity index is 2.78. The highest BCUT2D eigenvalue weighted by atomic mass is 79.9. The highest BCUT2D eigenvalue weighted by Gasteiger charge is 2.12. The van der Waals surface area contributed by atoms with Crippen molar-refractivity contribution in [1.29, 1.82) is 0 Å². The average Bonchev–Trinajstić information content (AvgIpc) is 2.11. The number of aromatic hydroxyl groups is 1. The monoisotopic (exact) mass is 258 g/mol. The second-order valence-electron chi connectivity index (χ2n) is 3.23. The summed E-state index contributed by atoms with van der Waals surface area (Å²) in [4.78, 5) is 10.6. The Morgan fingerprint density at radius 1 is 1.57 bits per heavy atom. The Kier molecular flexibility index (Phi) is 3.52. The van der Waals surface area contributed by atoms with E-state index in [9.17, 15) is 9.90 Å². The summed E-state index contributed by atoms with van der Waals surface area (Å²) in [6.45, 7) is 1.64. The van der Waals surface area contributed by atoms with Crippen molar-refractivity contribution in [2.75, 3.05) is 0 Å². The number of carboxylic acid groups (broad SMARTS) is 1. The molecule has 0 amide bonds. The summed E-state index contributed by atoms with van der Waals surface area (Å²) in [6, 6.07) is 5.08. The van der Waals surface area contributed by atoms with Gasteiger partial charge in [0.15, 0.2) is 0 Å². The number of aliphatic carboxylic acids is 1. The van der Waals surface area contributed by atoms with Crippen LogP contribution >= 0.6 is 15.9 Å². The maximum Gasteiger partial charge on any atom is 0.306 e. The number of phenolic OH excluding ortho intramolecular Hbond substituents is 1. The molecule has 1 atom stereocenters. The number of hydrogen-bond acceptors (Lipinski definition) is 2. The summed E-state index contributed by atoms with van der Waals surface area (Å²) < 4.78 is 0.615. The molecule has 0 aliphatic carbocycles. The van der Waals surface area contributed by atoms with Gasteiger partial charge in [-0.2, -0.15) is 0 Å². The standard InChI is InChI=1S/C10H11BrO3/c1-6(10(13)14)4-7-2-3-8(11)9(12)5-7/h2-3,5-6,12H,4H2,1H3,(H,13,14). The minimum atomic E-state index is -0.826. The van der Waals surface area contributed by atoms with Gasteiger partial charge in [0.05, 0.1) is 10.4 Å². The van der Waals surface area contributed by atoms with Crippen molar-refractivity contribution in [3.8, 4) is 5.75 Å². The van der Waals surface area contributed by atoms with Crippen molar-refractivity contribution in [2.45, 2.75) is 13.3 Å². The number of rotatable bonds is 3. The first-order chi connectivity index (χ1) is 6.50. The summed E-state index contributed by atoms with van der Waals surface area (Å²) in [5.74, 6) is -1.12. The molecule has 0 fully saturated rings. The van der Waals surface area contributed by atoms with Gasteiger partial charge in [-0.1, -0.05) is 13.0 Å². The SMILES string of the molecule is CC(Cc1ccc(Br)c(O)c1)C(=O)O. The Labute approximate surface area is 90.5 Å². The van der Waals surface area contributed by atoms with Crippen molar-refractivity contribution >= 4 is 21.9 Å². The van der Waals surface area contributed by atoms with Crippen molar-refractivity contribution < 1.29 is 15.0 Å². The lowest BCUT2D eigenvalue weighted by Gasteiger charge is -2.06. The maximum atomic E-state index is 10.6. The zero-order valence-corrected chi connectivity index (χ0v) is 9.28. The van der Waals surface area contributed by atoms with Gasteiger partial charge >= 0.3 is 5.97 Å². The smallest absolute Gasteiger partial charge is 0.306 e. The van der Waals surface area contributed by atoms with Crippen LogP contribution in [0.3, 0.4) is 0 Å². The molecule has 0 aliphatic rings. The first-order valence-corrected chi connectivity index (χ1v) is 5.00. The van der Waals surface area contributed by atoms with Crippen LogP contribution in [0.25, 0.3) is 0 Å². The molecule has 1 unspecified atom stereocenters. The third-order valence-corrected chi connectivity index (χ3v) is 2.64. The highest BCUT2D eigenvalue weighted by Crippen LogP contribution is 2.25. The minimum absolute atomic E-state index is 0.139. The molecule has 3 nitrogen and oxygen atoms in total. The molecule has 0 aromatic heterocycles. The molecule has 1 aromatic carbocycles. The van der Waals surface area contributed by atoms with E-state index in [1.165, 1.54) is 0 Å². The van der Waals surface area contributed by atoms with Crippen molar-refractivity contribution in [2.24, 2.45) is 5.92 Å². The quantitative estimate of drug-likeness (QED) is 0.876. The van der Waals surface area contributed by atoms with Gasteiger partial charge in [-0.15, -0.1) is 0 Å². The normalized spacial score (nSPS) is 12.4. The predicted octanol–water partition coefficient (Wildman–Crippen LogP) is 2.42. The lowest BCUT2D eigenvalue weighted by atomic mass is 10.0. The van der Waals surface area contributed by atoms with Crippen LogP contribution in [0, 0.1) is 5.92 Å². The molecule has 0 aliphatic heterocycles. The summed E-state index contributed by atoms with van der Waals surface area (Å²) in [7, 11) is 0. The maximum absolute atomic E-state index is 10.6. The van der Waals surface area contributed by atoms with Crippen LogP contribution in [-0.4, -0.2) is 16.2 Å². The van der Waals surface area contributed by atoms with Crippen LogP contribution in [-0.2, 0) is 11.2 Å². The zero-order chi connectivity index (χ0) is 10.7. The van der Waals surface area contributed by atoms with Gasteiger partial charge in [0.2, 0.25) is 0 Å². The molecule has 14 heavy (non-hydrogen) atoms. The third-order valence-electron chi connectivity index (χ3n) is 1.97. The third kappa shape index (κ3) is 2.73. The first kappa shape index (κ1) is 11.0. The number of carbonyl (C=O) groups is 1. The van der Waals surface area contributed by atoms with E-state index in [1.807, 2.05) is 0 Å². The second-order valence-corrected chi connectivity index (χ2v) is 4.08. The number of carboxylic acids is 1. The van der Waals surface area contributed by atoms with Gasteiger partial charge in [-0.3, -0.25) is 4.79 Å². The highest BCUT2D eigenvalue weighted by molar-refractivity contribution is 9.10. The van der Waals surface area contributed by atoms with Gasteiger partial charge < -0.3 is 10.2 Å². The number of halogens is 1. The zero-order valence-electron chi connectivity index (χ0n) is 7.70. The molecule has 4 heteroatoms. The predicted molar refractivity (Wildman–Crippen MR) is 56.3 cm³/mol. The molecular formula is C10H11BrO3. The Hall–Kier alpha value is -1.03. The van der Waals surface area contributed by atoms with Crippen molar-refractivity contribution in [3.05, 3.63) is 28.2 Å². The van der Waals surface area contributed by atoms with Gasteiger partial charge in [0.25, 0.3) is 0 Å². The van der Waals surface area contributed by atoms with Crippen molar-refractivity contribution in [1.82, 2.24) is 0 Å². The van der Waals surface area contributed by atoms with Gasteiger partial charge in [-0.05, 0) is 40.0 Å². The second kappa shape index (κ2) is 4.46. The summed E-state index contributed by atoms with van der Waals surface area (Å²) in [5, 5.41) is 18.1. The van der Waals surface area contributed by atoms with Gasteiger partial charge in [-0.25, -0.2) is 0 Å². The lowest BCUT2D eigenvalue weighted by molar-refractivity contribution is -0.141. The number of benzene rings is 1. The number of hydrogen-bond donors (Lipinski definition) is 2. The fraction of sp³-hybridized carbons (Fsp3) is 0.300. The van der Waals surface area contributed by atoms with Gasteiger partial charge in [0.1, 0.15) is 5.75 Å². The van der Waals surface area contributed by atoms with Crippen LogP contribution in [0.2, 0.25) is 0 Å². The largest absolute Gasteiger partial charge is 0.507 e. The van der Waals surface area contributed by atoms with Gasteiger partial charge in [0, 0.05) is 0 Å². The molecule has 0 bridgehead atoms. The van der Waals surface area contributed by atoms with Crippen LogP contribution in [0.5, 0.6) is 5.75 Å². The van der Waals surface area contributed by atoms with E-state index < -0.39 is 11.9 Å². The first-order valence-electron chi connectivity index (χ1n) is 4.21. The van der Waals surface area contributed by atoms with E-state index in [0.717, 1.165) is 5.56 Å². The summed E-state index contributed by atoms with van der Waals surface area (Å²) in [5.41, 5.74) is 0.820. The summed E-state index contributed by atoms with van der Waals surface area (Å²) in [6.07, 6.45) is 0.427. The van der Waals surface area contributed by atoms with E-state index in [2.05, 4.69) is 15.9 Å². The van der Waals surface area contributed by atoms with Crippen LogP contribution in [0.15, 0.2) is 22.7 Å². The van der Waals surface area contributed by atoms with E-state index >= 15 is 0 Å². The molecule has 0 saturated carbocycles. The van der Waals surface area contributed by atoms with Crippen LogP contribution < -0.4 is 0 Å². The fourth-order valence-electron chi connectivity index (χ4n) is 1.13. The number of phenols is 1. The molecule has 0 saturated heterocycles. The van der Waals surface area contributed by atoms with Crippen molar-refractivity contribution in [3.63, 3.8) is 0 Å². The molecule has 1 rings (SSSR count). The minimum Gasteiger partial charge on any atom is -0.507 e. The van der Waals surface area contributed by atoms with E-state index in [1.54, 1.807) is 25.1 Å². The van der Waals surface area contributed by atoms with Crippen LogP contribution in [0.1, 0.15) is 12.5 Å². The van der Waals surface area contributed by atoms with E-state index in [0.29, 0.717) is 10.9 Å². The Bertz CT molecular complexity index is 349. The molecule has 1 aromatic rings. The lowest BCUT2D eigenvalue weighted by Crippen LogP contribution is -2.12. The summed E-state index contributed by atoms with van der Waals surface area (Å²) >= 11 is 3.16. The topological polar surface area (TPSA) is 57.5 Å². The van der Waals surface area contributed by atoms with E-state index in [-0.39, 0.29) is 5.75 Å². The molecular weight excluding hydrogens is 248 g/mol. The molecule has 0 spiro atoms. The Morgan fingerprint density at radius 3 is 2.71 bits per heavy atom. The fourth-order valence-corrected chi connectivity index (χ4v) is 1.37. The molecule has 2 N–H and O–H groups in total. The van der Waals surface area contributed by atoms with Crippen LogP contribution in [0.4, 0.5) is 0 Å². The average molecular weight is 259 g/mol. The van der Waals surface area contributed by atoms with E-state index in [4.69, 9.17) is 5.11 Å².